The number of benzene rings is 2. The average Bonchev–Trinajstić information content (AvgIpc) is 3.40. The van der Waals surface area contributed by atoms with E-state index in [0.717, 1.165) is 28.2 Å². The number of carbonyl (C=O) groups excluding carboxylic acids is 1. The molecule has 0 bridgehead atoms. The number of nitrogens with one attached hydrogen (secondary N) is 1. The second-order valence-electron chi connectivity index (χ2n) is 6.23. The number of rotatable bonds is 6. The number of amides is 1. The molecule has 0 unspecified atom stereocenters. The third kappa shape index (κ3) is 3.96. The van der Waals surface area contributed by atoms with E-state index in [1.54, 1.807) is 17.4 Å². The van der Waals surface area contributed by atoms with Crippen LogP contribution in [0.25, 0.3) is 16.9 Å². The van der Waals surface area contributed by atoms with Gasteiger partial charge < -0.3 is 5.32 Å². The maximum atomic E-state index is 12.6. The van der Waals surface area contributed by atoms with Crippen LogP contribution >= 0.6 is 11.3 Å². The van der Waals surface area contributed by atoms with Crippen molar-refractivity contribution >= 4 is 17.2 Å². The molecule has 4 rings (SSSR count). The van der Waals surface area contributed by atoms with Crippen LogP contribution in [0, 0.1) is 6.92 Å². The molecule has 7 nitrogen and oxygen atoms in total. The SMILES string of the molecule is Cc1nc(-c2ccc(CCNC(=O)c3ccccc3-n3cnnn3)cc2)cs1. The molecule has 0 saturated heterocycles. The van der Waals surface area contributed by atoms with E-state index in [-0.39, 0.29) is 5.91 Å². The van der Waals surface area contributed by atoms with Gasteiger partial charge in [-0.2, -0.15) is 4.68 Å². The molecule has 4 aromatic rings. The normalized spacial score (nSPS) is 10.8. The summed E-state index contributed by atoms with van der Waals surface area (Å²) in [6, 6.07) is 15.5. The number of para-hydroxylation sites is 1. The Hall–Kier alpha value is -3.39. The van der Waals surface area contributed by atoms with Gasteiger partial charge >= 0.3 is 0 Å². The third-order valence-corrected chi connectivity index (χ3v) is 5.09. The van der Waals surface area contributed by atoms with Crippen LogP contribution in [0.5, 0.6) is 0 Å². The van der Waals surface area contributed by atoms with Crippen LogP contribution in [0.2, 0.25) is 0 Å². The molecule has 0 radical (unpaired) electrons. The first-order chi connectivity index (χ1) is 13.7. The van der Waals surface area contributed by atoms with E-state index in [1.807, 2.05) is 25.1 Å². The number of aryl methyl sites for hydroxylation is 1. The zero-order chi connectivity index (χ0) is 19.3. The molecule has 0 spiro atoms. The van der Waals surface area contributed by atoms with Crippen molar-refractivity contribution in [3.8, 4) is 16.9 Å². The highest BCUT2D eigenvalue weighted by atomic mass is 32.1. The summed E-state index contributed by atoms with van der Waals surface area (Å²) in [6.45, 7) is 2.54. The molecule has 2 heterocycles. The van der Waals surface area contributed by atoms with Crippen LogP contribution in [-0.2, 0) is 6.42 Å². The Balaban J connectivity index is 1.37. The predicted molar refractivity (Wildman–Crippen MR) is 107 cm³/mol. The zero-order valence-electron chi connectivity index (χ0n) is 15.2. The van der Waals surface area contributed by atoms with Gasteiger partial charge in [-0.25, -0.2) is 4.98 Å². The molecule has 8 heteroatoms. The third-order valence-electron chi connectivity index (χ3n) is 4.31. The molecule has 0 atom stereocenters. The van der Waals surface area contributed by atoms with Gasteiger partial charge in [0, 0.05) is 17.5 Å². The van der Waals surface area contributed by atoms with Gasteiger partial charge in [-0.1, -0.05) is 36.4 Å². The van der Waals surface area contributed by atoms with Gasteiger partial charge in [0.1, 0.15) is 6.33 Å². The van der Waals surface area contributed by atoms with Crippen molar-refractivity contribution in [2.45, 2.75) is 13.3 Å². The molecule has 28 heavy (non-hydrogen) atoms. The summed E-state index contributed by atoms with van der Waals surface area (Å²) >= 11 is 1.65. The Kier molecular flexibility index (Phi) is 5.20. The van der Waals surface area contributed by atoms with Gasteiger partial charge in [0.15, 0.2) is 0 Å². The summed E-state index contributed by atoms with van der Waals surface area (Å²) in [5.74, 6) is -0.152. The number of nitrogens with zero attached hydrogens (tertiary/aromatic N) is 5. The molecule has 2 aromatic heterocycles. The van der Waals surface area contributed by atoms with Gasteiger partial charge in [-0.15, -0.1) is 16.4 Å². The van der Waals surface area contributed by atoms with Crippen LogP contribution in [0.3, 0.4) is 0 Å². The van der Waals surface area contributed by atoms with Crippen LogP contribution < -0.4 is 5.32 Å². The number of tetrazole rings is 1. The lowest BCUT2D eigenvalue weighted by molar-refractivity contribution is 0.0954. The summed E-state index contributed by atoms with van der Waals surface area (Å²) < 4.78 is 1.48. The molecular formula is C20H18N6OS. The standard InChI is InChI=1S/C20H18N6OS/c1-14-23-18(12-28-14)16-8-6-15(7-9-16)10-11-21-20(27)17-4-2-3-5-19(17)26-13-22-24-25-26/h2-9,12-13H,10-11H2,1H3,(H,21,27). The minimum atomic E-state index is -0.152. The Bertz CT molecular complexity index is 1070. The largest absolute Gasteiger partial charge is 0.352 e. The number of carbonyl (C=O) groups is 1. The van der Waals surface area contributed by atoms with Crippen molar-refractivity contribution < 1.29 is 4.79 Å². The van der Waals surface area contributed by atoms with E-state index >= 15 is 0 Å². The fourth-order valence-electron chi connectivity index (χ4n) is 2.89. The fraction of sp³-hybridized carbons (Fsp3) is 0.150. The highest BCUT2D eigenvalue weighted by molar-refractivity contribution is 7.09. The van der Waals surface area contributed by atoms with Crippen molar-refractivity contribution in [2.75, 3.05) is 6.54 Å². The summed E-state index contributed by atoms with van der Waals surface area (Å²) in [5.41, 5.74) is 4.44. The number of hydrogen-bond acceptors (Lipinski definition) is 6. The lowest BCUT2D eigenvalue weighted by Gasteiger charge is -2.09. The second kappa shape index (κ2) is 8.10. The zero-order valence-corrected chi connectivity index (χ0v) is 16.1. The first-order valence-corrected chi connectivity index (χ1v) is 9.71. The second-order valence-corrected chi connectivity index (χ2v) is 7.29. The molecule has 0 aliphatic rings. The minimum absolute atomic E-state index is 0.152. The lowest BCUT2D eigenvalue weighted by Crippen LogP contribution is -2.26. The van der Waals surface area contributed by atoms with E-state index in [4.69, 9.17) is 0 Å². The molecule has 0 saturated carbocycles. The van der Waals surface area contributed by atoms with Crippen molar-refractivity contribution in [2.24, 2.45) is 0 Å². The number of hydrogen-bond donors (Lipinski definition) is 1. The number of thiazole rings is 1. The van der Waals surface area contributed by atoms with Crippen LogP contribution in [0.1, 0.15) is 20.9 Å². The fourth-order valence-corrected chi connectivity index (χ4v) is 3.51. The molecule has 140 valence electrons. The van der Waals surface area contributed by atoms with Crippen molar-refractivity contribution in [1.29, 1.82) is 0 Å². The molecule has 0 aliphatic heterocycles. The Labute approximate surface area is 166 Å². The maximum Gasteiger partial charge on any atom is 0.253 e. The molecule has 1 N–H and O–H groups in total. The number of aromatic nitrogens is 5. The van der Waals surface area contributed by atoms with Crippen molar-refractivity contribution in [1.82, 2.24) is 30.5 Å². The monoisotopic (exact) mass is 390 g/mol. The van der Waals surface area contributed by atoms with E-state index in [1.165, 1.54) is 11.0 Å². The van der Waals surface area contributed by atoms with Gasteiger partial charge in [0.25, 0.3) is 5.91 Å². The quantitative estimate of drug-likeness (QED) is 0.547. The average molecular weight is 390 g/mol. The lowest BCUT2D eigenvalue weighted by atomic mass is 10.1. The molecule has 2 aromatic carbocycles. The first-order valence-electron chi connectivity index (χ1n) is 8.83. The maximum absolute atomic E-state index is 12.6. The van der Waals surface area contributed by atoms with Gasteiger partial charge in [-0.05, 0) is 41.5 Å². The summed E-state index contributed by atoms with van der Waals surface area (Å²) in [4.78, 5) is 17.1. The molecule has 0 aliphatic carbocycles. The Morgan fingerprint density at radius 1 is 1.14 bits per heavy atom. The topological polar surface area (TPSA) is 85.6 Å². The summed E-state index contributed by atoms with van der Waals surface area (Å²) in [7, 11) is 0. The van der Waals surface area contributed by atoms with E-state index in [0.29, 0.717) is 17.8 Å². The molecule has 0 fully saturated rings. The smallest absolute Gasteiger partial charge is 0.253 e. The van der Waals surface area contributed by atoms with Crippen molar-refractivity contribution in [3.05, 3.63) is 76.4 Å². The van der Waals surface area contributed by atoms with Gasteiger partial charge in [0.2, 0.25) is 0 Å². The van der Waals surface area contributed by atoms with Crippen molar-refractivity contribution in [3.63, 3.8) is 0 Å². The van der Waals surface area contributed by atoms with E-state index in [9.17, 15) is 4.79 Å². The Morgan fingerprint density at radius 2 is 1.96 bits per heavy atom. The van der Waals surface area contributed by atoms with Crippen LogP contribution in [0.15, 0.2) is 60.2 Å². The summed E-state index contributed by atoms with van der Waals surface area (Å²) in [5, 5.41) is 17.2. The predicted octanol–water partition coefficient (Wildman–Crippen LogP) is 3.07. The van der Waals surface area contributed by atoms with Gasteiger partial charge in [-0.3, -0.25) is 4.79 Å². The van der Waals surface area contributed by atoms with E-state index < -0.39 is 0 Å². The highest BCUT2D eigenvalue weighted by Crippen LogP contribution is 2.22. The molecule has 1 amide bonds. The Morgan fingerprint density at radius 3 is 2.68 bits per heavy atom. The first kappa shape index (κ1) is 18.0. The van der Waals surface area contributed by atoms with Crippen LogP contribution in [-0.4, -0.2) is 37.6 Å². The van der Waals surface area contributed by atoms with E-state index in [2.05, 4.69) is 55.5 Å². The minimum Gasteiger partial charge on any atom is -0.352 e. The summed E-state index contributed by atoms with van der Waals surface area (Å²) in [6.07, 6.45) is 2.21. The molecular weight excluding hydrogens is 372 g/mol. The van der Waals surface area contributed by atoms with Gasteiger partial charge in [0.05, 0.1) is 22.0 Å². The highest BCUT2D eigenvalue weighted by Gasteiger charge is 2.12. The van der Waals surface area contributed by atoms with Crippen LogP contribution in [0.4, 0.5) is 0 Å².